The molecule has 92 valence electrons. The van der Waals surface area contributed by atoms with Crippen molar-refractivity contribution in [2.45, 2.75) is 12.5 Å². The second-order valence-corrected chi connectivity index (χ2v) is 4.14. The van der Waals surface area contributed by atoms with Crippen molar-refractivity contribution in [2.24, 2.45) is 0 Å². The van der Waals surface area contributed by atoms with Gasteiger partial charge in [0.2, 0.25) is 6.79 Å². The van der Waals surface area contributed by atoms with E-state index in [9.17, 15) is 9.90 Å². The van der Waals surface area contributed by atoms with Gasteiger partial charge in [-0.1, -0.05) is 6.07 Å². The van der Waals surface area contributed by atoms with E-state index in [1.807, 2.05) is 6.07 Å². The molecule has 1 aliphatic rings. The monoisotopic (exact) mass is 237 g/mol. The molecule has 1 amide bonds. The van der Waals surface area contributed by atoms with Crippen LogP contribution in [0.2, 0.25) is 0 Å². The predicted molar refractivity (Wildman–Crippen MR) is 61.0 cm³/mol. The van der Waals surface area contributed by atoms with Crippen LogP contribution >= 0.6 is 0 Å². The summed E-state index contributed by atoms with van der Waals surface area (Å²) >= 11 is 0. The summed E-state index contributed by atoms with van der Waals surface area (Å²) in [6.45, 7) is 0.220. The highest BCUT2D eigenvalue weighted by Gasteiger charge is 2.19. The predicted octanol–water partition coefficient (Wildman–Crippen LogP) is 0.407. The Morgan fingerprint density at radius 3 is 2.82 bits per heavy atom. The fourth-order valence-corrected chi connectivity index (χ4v) is 1.68. The summed E-state index contributed by atoms with van der Waals surface area (Å²) < 4.78 is 10.4. The zero-order valence-corrected chi connectivity index (χ0v) is 9.84. The highest BCUT2D eigenvalue weighted by molar-refractivity contribution is 5.80. The number of aliphatic hydroxyl groups excluding tert-OH is 1. The van der Waals surface area contributed by atoms with Crippen LogP contribution < -0.4 is 9.47 Å². The molecule has 0 spiro atoms. The molecule has 0 aromatic heterocycles. The van der Waals surface area contributed by atoms with E-state index in [1.54, 1.807) is 26.2 Å². The fourth-order valence-electron chi connectivity index (χ4n) is 1.68. The van der Waals surface area contributed by atoms with Gasteiger partial charge in [-0.3, -0.25) is 4.79 Å². The summed E-state index contributed by atoms with van der Waals surface area (Å²) in [7, 11) is 3.23. The number of ether oxygens (including phenoxy) is 2. The number of amides is 1. The molecule has 1 unspecified atom stereocenters. The fraction of sp³-hybridized carbons (Fsp3) is 0.417. The molecule has 5 heteroatoms. The number of hydrogen-bond donors (Lipinski definition) is 1. The molecule has 1 aromatic rings. The van der Waals surface area contributed by atoms with Crippen LogP contribution in [-0.2, 0) is 11.2 Å². The Kier molecular flexibility index (Phi) is 3.19. The van der Waals surface area contributed by atoms with Gasteiger partial charge in [0, 0.05) is 20.5 Å². The maximum atomic E-state index is 11.5. The first-order chi connectivity index (χ1) is 8.08. The molecule has 0 saturated heterocycles. The van der Waals surface area contributed by atoms with Gasteiger partial charge in [-0.25, -0.2) is 0 Å². The van der Waals surface area contributed by atoms with Crippen molar-refractivity contribution in [1.82, 2.24) is 4.90 Å². The van der Waals surface area contributed by atoms with Crippen molar-refractivity contribution >= 4 is 5.91 Å². The molecule has 1 aromatic carbocycles. The Bertz CT molecular complexity index is 431. The summed E-state index contributed by atoms with van der Waals surface area (Å²) in [4.78, 5) is 12.9. The Hall–Kier alpha value is -1.75. The van der Waals surface area contributed by atoms with Crippen molar-refractivity contribution in [2.75, 3.05) is 20.9 Å². The van der Waals surface area contributed by atoms with Gasteiger partial charge in [-0.2, -0.15) is 0 Å². The van der Waals surface area contributed by atoms with E-state index < -0.39 is 6.10 Å². The zero-order valence-electron chi connectivity index (χ0n) is 9.84. The Labute approximate surface area is 99.6 Å². The number of fused-ring (bicyclic) bond motifs is 1. The standard InChI is InChI=1S/C12H15NO4/c1-13(2)12(15)9(14)5-8-3-4-10-11(6-8)17-7-16-10/h3-4,6,9,14H,5,7H2,1-2H3. The maximum absolute atomic E-state index is 11.5. The molecule has 1 N–H and O–H groups in total. The van der Waals surface area contributed by atoms with Gasteiger partial charge in [-0.05, 0) is 17.7 Å². The normalized spacial score (nSPS) is 14.5. The molecular formula is C12H15NO4. The summed E-state index contributed by atoms with van der Waals surface area (Å²) in [5.74, 6) is 1.05. The van der Waals surface area contributed by atoms with E-state index in [0.29, 0.717) is 11.5 Å². The number of carbonyl (C=O) groups is 1. The Morgan fingerprint density at radius 2 is 2.12 bits per heavy atom. The molecule has 0 saturated carbocycles. The van der Waals surface area contributed by atoms with Crippen LogP contribution in [0.1, 0.15) is 5.56 Å². The van der Waals surface area contributed by atoms with E-state index in [1.165, 1.54) is 4.90 Å². The molecule has 1 atom stereocenters. The number of nitrogens with zero attached hydrogens (tertiary/aromatic N) is 1. The third kappa shape index (κ3) is 2.50. The van der Waals surface area contributed by atoms with Gasteiger partial charge >= 0.3 is 0 Å². The van der Waals surface area contributed by atoms with Gasteiger partial charge in [0.25, 0.3) is 5.91 Å². The van der Waals surface area contributed by atoms with E-state index >= 15 is 0 Å². The number of rotatable bonds is 3. The summed E-state index contributed by atoms with van der Waals surface area (Å²) in [5.41, 5.74) is 0.844. The molecule has 2 rings (SSSR count). The maximum Gasteiger partial charge on any atom is 0.251 e. The van der Waals surface area contributed by atoms with Gasteiger partial charge in [0.15, 0.2) is 11.5 Å². The highest BCUT2D eigenvalue weighted by Crippen LogP contribution is 2.32. The first-order valence-corrected chi connectivity index (χ1v) is 5.35. The molecule has 0 radical (unpaired) electrons. The molecule has 1 aliphatic heterocycles. The number of benzene rings is 1. The van der Waals surface area contributed by atoms with Crippen molar-refractivity contribution in [3.8, 4) is 11.5 Å². The summed E-state index contributed by atoms with van der Waals surface area (Å²) in [6, 6.07) is 5.39. The lowest BCUT2D eigenvalue weighted by molar-refractivity contribution is -0.137. The molecule has 1 heterocycles. The zero-order chi connectivity index (χ0) is 12.4. The molecule has 5 nitrogen and oxygen atoms in total. The highest BCUT2D eigenvalue weighted by atomic mass is 16.7. The molecule has 0 bridgehead atoms. The minimum Gasteiger partial charge on any atom is -0.454 e. The van der Waals surface area contributed by atoms with Crippen LogP contribution in [0.5, 0.6) is 11.5 Å². The van der Waals surface area contributed by atoms with Crippen molar-refractivity contribution in [3.05, 3.63) is 23.8 Å². The van der Waals surface area contributed by atoms with Crippen LogP contribution in [-0.4, -0.2) is 42.9 Å². The lowest BCUT2D eigenvalue weighted by Gasteiger charge is -2.15. The van der Waals surface area contributed by atoms with Crippen LogP contribution in [0.15, 0.2) is 18.2 Å². The largest absolute Gasteiger partial charge is 0.454 e. The second-order valence-electron chi connectivity index (χ2n) is 4.14. The van der Waals surface area contributed by atoms with Crippen LogP contribution in [0.3, 0.4) is 0 Å². The smallest absolute Gasteiger partial charge is 0.251 e. The van der Waals surface area contributed by atoms with E-state index in [4.69, 9.17) is 9.47 Å². The lowest BCUT2D eigenvalue weighted by Crippen LogP contribution is -2.34. The van der Waals surface area contributed by atoms with E-state index in [2.05, 4.69) is 0 Å². The second kappa shape index (κ2) is 4.63. The van der Waals surface area contributed by atoms with Gasteiger partial charge in [-0.15, -0.1) is 0 Å². The van der Waals surface area contributed by atoms with Crippen molar-refractivity contribution < 1.29 is 19.4 Å². The van der Waals surface area contributed by atoms with Crippen molar-refractivity contribution in [1.29, 1.82) is 0 Å². The number of carbonyl (C=O) groups excluding carboxylic acids is 1. The number of hydrogen-bond acceptors (Lipinski definition) is 4. The van der Waals surface area contributed by atoms with Gasteiger partial charge < -0.3 is 19.5 Å². The summed E-state index contributed by atoms with van der Waals surface area (Å²) in [5, 5.41) is 9.73. The third-order valence-corrected chi connectivity index (χ3v) is 2.59. The Morgan fingerprint density at radius 1 is 1.41 bits per heavy atom. The summed E-state index contributed by atoms with van der Waals surface area (Å²) in [6.07, 6.45) is -0.751. The van der Waals surface area contributed by atoms with Gasteiger partial charge in [0.1, 0.15) is 6.10 Å². The lowest BCUT2D eigenvalue weighted by atomic mass is 10.1. The first kappa shape index (κ1) is 11.7. The van der Waals surface area contributed by atoms with Crippen LogP contribution in [0.25, 0.3) is 0 Å². The van der Waals surface area contributed by atoms with Crippen LogP contribution in [0, 0.1) is 0 Å². The number of aliphatic hydroxyl groups is 1. The molecule has 0 fully saturated rings. The molecule has 0 aliphatic carbocycles. The average Bonchev–Trinajstić information content (AvgIpc) is 2.74. The minimum absolute atomic E-state index is 0.220. The third-order valence-electron chi connectivity index (χ3n) is 2.59. The Balaban J connectivity index is 2.06. The topological polar surface area (TPSA) is 59.0 Å². The van der Waals surface area contributed by atoms with Crippen LogP contribution in [0.4, 0.5) is 0 Å². The van der Waals surface area contributed by atoms with E-state index in [0.717, 1.165) is 5.56 Å². The first-order valence-electron chi connectivity index (χ1n) is 5.35. The number of likely N-dealkylation sites (N-methyl/N-ethyl adjacent to an activating group) is 1. The minimum atomic E-state index is -1.02. The average molecular weight is 237 g/mol. The molecular weight excluding hydrogens is 222 g/mol. The van der Waals surface area contributed by atoms with Crippen molar-refractivity contribution in [3.63, 3.8) is 0 Å². The van der Waals surface area contributed by atoms with E-state index in [-0.39, 0.29) is 19.1 Å². The SMILES string of the molecule is CN(C)C(=O)C(O)Cc1ccc2c(c1)OCO2. The molecule has 17 heavy (non-hydrogen) atoms. The van der Waals surface area contributed by atoms with Gasteiger partial charge in [0.05, 0.1) is 0 Å². The quantitative estimate of drug-likeness (QED) is 0.827.